The summed E-state index contributed by atoms with van der Waals surface area (Å²) in [5.41, 5.74) is 7.31. The van der Waals surface area contributed by atoms with E-state index in [0.29, 0.717) is 6.54 Å². The lowest BCUT2D eigenvalue weighted by Crippen LogP contribution is -2.24. The van der Waals surface area contributed by atoms with Crippen LogP contribution in [-0.2, 0) is 19.3 Å². The smallest absolute Gasteiger partial charge is 0.261 e. The van der Waals surface area contributed by atoms with Gasteiger partial charge in [0.15, 0.2) is 0 Å². The summed E-state index contributed by atoms with van der Waals surface area (Å²) in [5.74, 6) is 0.0343. The van der Waals surface area contributed by atoms with Crippen molar-refractivity contribution in [3.8, 4) is 0 Å². The lowest BCUT2D eigenvalue weighted by Gasteiger charge is -2.08. The van der Waals surface area contributed by atoms with E-state index in [4.69, 9.17) is 0 Å². The molecule has 1 aliphatic rings. The van der Waals surface area contributed by atoms with Gasteiger partial charge in [-0.1, -0.05) is 30.4 Å². The minimum atomic E-state index is 0.0343. The Labute approximate surface area is 186 Å². The molecule has 0 saturated heterocycles. The minimum absolute atomic E-state index is 0.0343. The third-order valence-corrected chi connectivity index (χ3v) is 6.86. The molecular weight excluding hydrogens is 402 g/mol. The Hall–Kier alpha value is -3.18. The Kier molecular flexibility index (Phi) is 5.67. The van der Waals surface area contributed by atoms with Crippen molar-refractivity contribution in [2.24, 2.45) is 0 Å². The van der Waals surface area contributed by atoms with Crippen LogP contribution in [0.4, 0.5) is 0 Å². The van der Waals surface area contributed by atoms with Gasteiger partial charge in [-0.3, -0.25) is 4.79 Å². The molecular formula is C26H25N3OS. The molecule has 2 N–H and O–H groups in total. The van der Waals surface area contributed by atoms with Crippen LogP contribution in [0.1, 0.15) is 50.3 Å². The van der Waals surface area contributed by atoms with Gasteiger partial charge in [-0.15, -0.1) is 11.3 Å². The molecule has 3 aromatic heterocycles. The summed E-state index contributed by atoms with van der Waals surface area (Å²) in [4.78, 5) is 21.1. The number of pyridine rings is 1. The molecule has 3 heterocycles. The predicted octanol–water partition coefficient (Wildman–Crippen LogP) is 5.54. The van der Waals surface area contributed by atoms with Crippen molar-refractivity contribution in [2.45, 2.75) is 32.1 Å². The number of nitrogens with zero attached hydrogens (tertiary/aromatic N) is 1. The Bertz CT molecular complexity index is 1250. The first-order valence-corrected chi connectivity index (χ1v) is 11.7. The molecule has 0 unspecified atom stereocenters. The summed E-state index contributed by atoms with van der Waals surface area (Å²) in [7, 11) is 0. The van der Waals surface area contributed by atoms with Crippen LogP contribution >= 0.6 is 11.3 Å². The van der Waals surface area contributed by atoms with E-state index in [1.165, 1.54) is 33.6 Å². The number of allylic oxidation sites excluding steroid dienone is 1. The Balaban J connectivity index is 1.13. The van der Waals surface area contributed by atoms with Gasteiger partial charge in [-0.05, 0) is 83.5 Å². The van der Waals surface area contributed by atoms with E-state index in [1.54, 1.807) is 0 Å². The number of unbranched alkanes of at least 4 members (excludes halogenated alkanes) is 1. The molecule has 0 saturated carbocycles. The first kappa shape index (κ1) is 19.8. The second-order valence-electron chi connectivity index (χ2n) is 8.01. The third-order valence-electron chi connectivity index (χ3n) is 5.91. The van der Waals surface area contributed by atoms with Crippen LogP contribution in [0.3, 0.4) is 0 Å². The maximum atomic E-state index is 12.8. The molecule has 0 bridgehead atoms. The van der Waals surface area contributed by atoms with Crippen molar-refractivity contribution in [1.29, 1.82) is 0 Å². The highest BCUT2D eigenvalue weighted by Gasteiger charge is 2.14. The standard InChI is InChI=1S/C26H25N3OS/c30-26(29-12-2-1-4-18-7-8-19-5-3-6-20(19)16-18)24-22(11-15-31-24)17-21-9-13-27-25-23(21)10-14-28-25/h3,6-11,13-16H,1-2,4-5,12,17H2,(H,27,28)(H,29,30). The van der Waals surface area contributed by atoms with Gasteiger partial charge in [0.2, 0.25) is 0 Å². The van der Waals surface area contributed by atoms with E-state index in [1.807, 2.05) is 29.9 Å². The number of amides is 1. The number of rotatable bonds is 8. The fraction of sp³-hybridized carbons (Fsp3) is 0.231. The average molecular weight is 428 g/mol. The lowest BCUT2D eigenvalue weighted by molar-refractivity contribution is 0.0956. The number of benzene rings is 1. The molecule has 0 aliphatic heterocycles. The average Bonchev–Trinajstić information content (AvgIpc) is 3.53. The Morgan fingerprint density at radius 3 is 3.06 bits per heavy atom. The first-order chi connectivity index (χ1) is 15.3. The predicted molar refractivity (Wildman–Crippen MR) is 128 cm³/mol. The normalized spacial score (nSPS) is 12.4. The second kappa shape index (κ2) is 8.90. The van der Waals surface area contributed by atoms with Gasteiger partial charge in [0.1, 0.15) is 5.65 Å². The molecule has 0 radical (unpaired) electrons. The summed E-state index contributed by atoms with van der Waals surface area (Å²) in [6, 6.07) is 12.9. The number of aryl methyl sites for hydroxylation is 1. The zero-order valence-corrected chi connectivity index (χ0v) is 18.2. The van der Waals surface area contributed by atoms with E-state index < -0.39 is 0 Å². The molecule has 1 amide bonds. The summed E-state index contributed by atoms with van der Waals surface area (Å²) in [6.45, 7) is 0.707. The monoisotopic (exact) mass is 427 g/mol. The molecule has 0 spiro atoms. The van der Waals surface area contributed by atoms with Crippen LogP contribution in [0, 0.1) is 0 Å². The number of thiophene rings is 1. The number of carbonyl (C=O) groups excluding carboxylic acids is 1. The van der Waals surface area contributed by atoms with Gasteiger partial charge >= 0.3 is 0 Å². The topological polar surface area (TPSA) is 57.8 Å². The molecule has 5 heteroatoms. The summed E-state index contributed by atoms with van der Waals surface area (Å²) in [6.07, 6.45) is 13.0. The number of nitrogens with one attached hydrogen (secondary N) is 2. The molecule has 1 aromatic carbocycles. The molecule has 1 aliphatic carbocycles. The van der Waals surface area contributed by atoms with Crippen LogP contribution in [0.2, 0.25) is 0 Å². The van der Waals surface area contributed by atoms with Crippen molar-refractivity contribution < 1.29 is 4.79 Å². The molecule has 4 aromatic rings. The number of fused-ring (bicyclic) bond motifs is 2. The number of hydrogen-bond donors (Lipinski definition) is 2. The zero-order valence-electron chi connectivity index (χ0n) is 17.4. The fourth-order valence-electron chi connectivity index (χ4n) is 4.24. The maximum absolute atomic E-state index is 12.8. The van der Waals surface area contributed by atoms with E-state index in [-0.39, 0.29) is 5.91 Å². The maximum Gasteiger partial charge on any atom is 0.261 e. The highest BCUT2D eigenvalue weighted by atomic mass is 32.1. The summed E-state index contributed by atoms with van der Waals surface area (Å²) < 4.78 is 0. The van der Waals surface area contributed by atoms with Crippen LogP contribution in [-0.4, -0.2) is 22.4 Å². The van der Waals surface area contributed by atoms with E-state index in [0.717, 1.165) is 53.6 Å². The number of aromatic nitrogens is 2. The van der Waals surface area contributed by atoms with Crippen molar-refractivity contribution in [3.05, 3.63) is 92.9 Å². The van der Waals surface area contributed by atoms with Crippen molar-refractivity contribution >= 4 is 34.4 Å². The van der Waals surface area contributed by atoms with Crippen molar-refractivity contribution in [1.82, 2.24) is 15.3 Å². The number of carbonyl (C=O) groups is 1. The molecule has 0 fully saturated rings. The van der Waals surface area contributed by atoms with Crippen molar-refractivity contribution in [2.75, 3.05) is 6.54 Å². The highest BCUT2D eigenvalue weighted by molar-refractivity contribution is 7.12. The van der Waals surface area contributed by atoms with Crippen LogP contribution < -0.4 is 5.32 Å². The third kappa shape index (κ3) is 4.32. The van der Waals surface area contributed by atoms with Gasteiger partial charge in [-0.25, -0.2) is 4.98 Å². The summed E-state index contributed by atoms with van der Waals surface area (Å²) >= 11 is 1.51. The number of H-pyrrole nitrogens is 1. The summed E-state index contributed by atoms with van der Waals surface area (Å²) in [5, 5.41) is 6.23. The van der Waals surface area contributed by atoms with Gasteiger partial charge in [-0.2, -0.15) is 0 Å². The minimum Gasteiger partial charge on any atom is -0.351 e. The largest absolute Gasteiger partial charge is 0.351 e. The number of hydrogen-bond acceptors (Lipinski definition) is 3. The number of aromatic amines is 1. The second-order valence-corrected chi connectivity index (χ2v) is 8.93. The molecule has 31 heavy (non-hydrogen) atoms. The quantitative estimate of drug-likeness (QED) is 0.363. The highest BCUT2D eigenvalue weighted by Crippen LogP contribution is 2.24. The van der Waals surface area contributed by atoms with Crippen LogP contribution in [0.15, 0.2) is 60.2 Å². The van der Waals surface area contributed by atoms with Crippen molar-refractivity contribution in [3.63, 3.8) is 0 Å². The molecule has 156 valence electrons. The Morgan fingerprint density at radius 1 is 1.13 bits per heavy atom. The Morgan fingerprint density at radius 2 is 2.10 bits per heavy atom. The fourth-order valence-corrected chi connectivity index (χ4v) is 5.08. The van der Waals surface area contributed by atoms with Gasteiger partial charge < -0.3 is 10.3 Å². The first-order valence-electron chi connectivity index (χ1n) is 10.8. The SMILES string of the molecule is O=C(NCCCCc1ccc2c(c1)C=CC2)c1sccc1Cc1ccnc2[nH]ccc12. The van der Waals surface area contributed by atoms with Gasteiger partial charge in [0.05, 0.1) is 4.88 Å². The van der Waals surface area contributed by atoms with E-state index in [2.05, 4.69) is 51.7 Å². The van der Waals surface area contributed by atoms with Crippen LogP contribution in [0.25, 0.3) is 17.1 Å². The molecule has 5 rings (SSSR count). The van der Waals surface area contributed by atoms with Crippen LogP contribution in [0.5, 0.6) is 0 Å². The van der Waals surface area contributed by atoms with Gasteiger partial charge in [0.25, 0.3) is 5.91 Å². The lowest BCUT2D eigenvalue weighted by atomic mass is 10.0. The molecule has 4 nitrogen and oxygen atoms in total. The zero-order chi connectivity index (χ0) is 21.0. The van der Waals surface area contributed by atoms with E-state index >= 15 is 0 Å². The molecule has 0 atom stereocenters. The van der Waals surface area contributed by atoms with E-state index in [9.17, 15) is 4.79 Å². The van der Waals surface area contributed by atoms with Gasteiger partial charge in [0, 0.05) is 24.3 Å².